The van der Waals surface area contributed by atoms with Crippen LogP contribution in [0.4, 0.5) is 4.39 Å². The van der Waals surface area contributed by atoms with E-state index in [4.69, 9.17) is 11.6 Å². The summed E-state index contributed by atoms with van der Waals surface area (Å²) in [7, 11) is 0. The Balaban J connectivity index is 1.84. The highest BCUT2D eigenvalue weighted by molar-refractivity contribution is 6.31. The number of nitrogens with zero attached hydrogens (tertiary/aromatic N) is 1. The summed E-state index contributed by atoms with van der Waals surface area (Å²) in [5, 5.41) is 14.0. The van der Waals surface area contributed by atoms with Gasteiger partial charge in [-0.05, 0) is 35.4 Å². The Labute approximate surface area is 148 Å². The van der Waals surface area contributed by atoms with Gasteiger partial charge in [-0.3, -0.25) is 10.1 Å². The van der Waals surface area contributed by atoms with Crippen molar-refractivity contribution in [3.8, 4) is 0 Å². The Kier molecular flexibility index (Phi) is 3.98. The maximum absolute atomic E-state index is 13.2. The van der Waals surface area contributed by atoms with Crippen molar-refractivity contribution in [1.82, 2.24) is 9.88 Å². The predicted molar refractivity (Wildman–Crippen MR) is 94.4 cm³/mol. The molecule has 0 saturated heterocycles. The van der Waals surface area contributed by atoms with Gasteiger partial charge in [0.05, 0.1) is 5.52 Å². The van der Waals surface area contributed by atoms with Gasteiger partial charge < -0.3 is 9.67 Å². The third-order valence-corrected chi connectivity index (χ3v) is 4.96. The number of hydrogen-bond acceptors (Lipinski definition) is 2. The maximum atomic E-state index is 13.2. The quantitative estimate of drug-likeness (QED) is 0.752. The first-order valence-corrected chi connectivity index (χ1v) is 8.41. The second kappa shape index (κ2) is 6.17. The van der Waals surface area contributed by atoms with Gasteiger partial charge >= 0.3 is 5.97 Å². The monoisotopic (exact) mass is 358 g/mol. The SMILES string of the molecule is O=C(O)[C@@H]1Cc2c(n(Cc3ccc(F)cc3)c3cc(Cl)ccc23)CN1. The van der Waals surface area contributed by atoms with Crippen LogP contribution in [0.5, 0.6) is 0 Å². The number of carbonyl (C=O) groups is 1. The van der Waals surface area contributed by atoms with Gasteiger partial charge in [-0.1, -0.05) is 29.8 Å². The van der Waals surface area contributed by atoms with Crippen LogP contribution in [0.2, 0.25) is 5.02 Å². The first kappa shape index (κ1) is 16.1. The van der Waals surface area contributed by atoms with Crippen LogP contribution >= 0.6 is 11.6 Å². The van der Waals surface area contributed by atoms with Crippen molar-refractivity contribution in [3.05, 3.63) is 70.1 Å². The number of hydrogen-bond donors (Lipinski definition) is 2. The molecular weight excluding hydrogens is 343 g/mol. The Morgan fingerprint density at radius 3 is 2.76 bits per heavy atom. The van der Waals surface area contributed by atoms with Gasteiger partial charge in [-0.15, -0.1) is 0 Å². The highest BCUT2D eigenvalue weighted by Crippen LogP contribution is 2.32. The molecule has 3 aromatic rings. The van der Waals surface area contributed by atoms with Crippen molar-refractivity contribution < 1.29 is 14.3 Å². The first-order chi connectivity index (χ1) is 12.0. The molecule has 6 heteroatoms. The standard InChI is InChI=1S/C19H16ClFN2O2/c20-12-3-6-14-15-8-16(19(24)25)22-9-18(15)23(17(14)7-12)10-11-1-4-13(21)5-2-11/h1-7,16,22H,8-10H2,(H,24,25)/t16-/m0/s1. The number of aliphatic carboxylic acids is 1. The lowest BCUT2D eigenvalue weighted by molar-refractivity contribution is -0.139. The number of halogens is 2. The Hall–Kier alpha value is -2.37. The van der Waals surface area contributed by atoms with E-state index in [1.54, 1.807) is 12.1 Å². The molecule has 2 heterocycles. The van der Waals surface area contributed by atoms with E-state index in [0.717, 1.165) is 27.7 Å². The van der Waals surface area contributed by atoms with E-state index in [9.17, 15) is 14.3 Å². The van der Waals surface area contributed by atoms with E-state index in [-0.39, 0.29) is 5.82 Å². The molecule has 1 aliphatic heterocycles. The average molecular weight is 359 g/mol. The molecule has 0 aliphatic carbocycles. The highest BCUT2D eigenvalue weighted by atomic mass is 35.5. The van der Waals surface area contributed by atoms with Crippen LogP contribution in [0.15, 0.2) is 42.5 Å². The smallest absolute Gasteiger partial charge is 0.321 e. The van der Waals surface area contributed by atoms with Gasteiger partial charge in [-0.2, -0.15) is 0 Å². The molecule has 4 rings (SSSR count). The number of rotatable bonds is 3. The van der Waals surface area contributed by atoms with Crippen LogP contribution < -0.4 is 5.32 Å². The van der Waals surface area contributed by atoms with Crippen molar-refractivity contribution in [1.29, 1.82) is 0 Å². The molecule has 0 saturated carbocycles. The fraction of sp³-hybridized carbons (Fsp3) is 0.211. The summed E-state index contributed by atoms with van der Waals surface area (Å²) in [4.78, 5) is 11.4. The van der Waals surface area contributed by atoms with Crippen LogP contribution in [0, 0.1) is 5.82 Å². The first-order valence-electron chi connectivity index (χ1n) is 8.03. The minimum Gasteiger partial charge on any atom is -0.480 e. The summed E-state index contributed by atoms with van der Waals surface area (Å²) in [6.07, 6.45) is 0.430. The molecule has 2 N–H and O–H groups in total. The number of benzene rings is 2. The number of fused-ring (bicyclic) bond motifs is 3. The number of nitrogens with one attached hydrogen (secondary N) is 1. The molecule has 0 bridgehead atoms. The van der Waals surface area contributed by atoms with Crippen molar-refractivity contribution in [2.75, 3.05) is 0 Å². The van der Waals surface area contributed by atoms with E-state index in [2.05, 4.69) is 9.88 Å². The lowest BCUT2D eigenvalue weighted by Crippen LogP contribution is -2.42. The second-order valence-corrected chi connectivity index (χ2v) is 6.71. The molecule has 0 unspecified atom stereocenters. The number of carboxylic acid groups (broad SMARTS) is 1. The minimum absolute atomic E-state index is 0.267. The summed E-state index contributed by atoms with van der Waals surface area (Å²) in [6, 6.07) is 11.5. The van der Waals surface area contributed by atoms with Gasteiger partial charge in [-0.25, -0.2) is 4.39 Å². The summed E-state index contributed by atoms with van der Waals surface area (Å²) in [6.45, 7) is 1.05. The molecule has 1 atom stereocenters. The Morgan fingerprint density at radius 1 is 1.28 bits per heavy atom. The summed E-state index contributed by atoms with van der Waals surface area (Å²) in [5.74, 6) is -1.11. The fourth-order valence-electron chi connectivity index (χ4n) is 3.50. The van der Waals surface area contributed by atoms with E-state index < -0.39 is 12.0 Å². The van der Waals surface area contributed by atoms with E-state index in [1.807, 2.05) is 18.2 Å². The van der Waals surface area contributed by atoms with Crippen LogP contribution in [0.25, 0.3) is 10.9 Å². The Morgan fingerprint density at radius 2 is 2.04 bits per heavy atom. The molecule has 0 fully saturated rings. The summed E-state index contributed by atoms with van der Waals surface area (Å²) < 4.78 is 15.3. The molecule has 1 aliphatic rings. The van der Waals surface area contributed by atoms with Gasteiger partial charge in [0, 0.05) is 35.6 Å². The summed E-state index contributed by atoms with van der Waals surface area (Å²) in [5.41, 5.74) is 4.04. The molecule has 0 radical (unpaired) electrons. The van der Waals surface area contributed by atoms with Gasteiger partial charge in [0.15, 0.2) is 0 Å². The molecule has 0 amide bonds. The lowest BCUT2D eigenvalue weighted by atomic mass is 9.98. The lowest BCUT2D eigenvalue weighted by Gasteiger charge is -2.22. The zero-order chi connectivity index (χ0) is 17.6. The van der Waals surface area contributed by atoms with E-state index in [0.29, 0.717) is 24.5 Å². The molecule has 1 aromatic heterocycles. The number of aromatic nitrogens is 1. The van der Waals surface area contributed by atoms with Crippen LogP contribution in [0.1, 0.15) is 16.8 Å². The molecule has 4 nitrogen and oxygen atoms in total. The molecular formula is C19H16ClFN2O2. The van der Waals surface area contributed by atoms with Crippen molar-refractivity contribution in [2.45, 2.75) is 25.6 Å². The largest absolute Gasteiger partial charge is 0.480 e. The van der Waals surface area contributed by atoms with Crippen molar-refractivity contribution in [3.63, 3.8) is 0 Å². The molecule has 128 valence electrons. The predicted octanol–water partition coefficient (Wildman–Crippen LogP) is 3.58. The third-order valence-electron chi connectivity index (χ3n) is 4.73. The molecule has 25 heavy (non-hydrogen) atoms. The highest BCUT2D eigenvalue weighted by Gasteiger charge is 2.28. The van der Waals surface area contributed by atoms with Crippen LogP contribution in [-0.2, 0) is 24.3 Å². The van der Waals surface area contributed by atoms with Crippen LogP contribution in [-0.4, -0.2) is 21.7 Å². The topological polar surface area (TPSA) is 54.3 Å². The third kappa shape index (κ3) is 2.90. The summed E-state index contributed by atoms with van der Waals surface area (Å²) >= 11 is 6.18. The zero-order valence-corrected chi connectivity index (χ0v) is 14.1. The fourth-order valence-corrected chi connectivity index (χ4v) is 3.67. The van der Waals surface area contributed by atoms with Crippen molar-refractivity contribution >= 4 is 28.5 Å². The molecule has 2 aromatic carbocycles. The average Bonchev–Trinajstić information content (AvgIpc) is 2.89. The number of carboxylic acids is 1. The van der Waals surface area contributed by atoms with Gasteiger partial charge in [0.2, 0.25) is 0 Å². The van der Waals surface area contributed by atoms with E-state index in [1.165, 1.54) is 12.1 Å². The van der Waals surface area contributed by atoms with Gasteiger partial charge in [0.25, 0.3) is 0 Å². The normalized spacial score (nSPS) is 16.8. The van der Waals surface area contributed by atoms with Crippen molar-refractivity contribution in [2.24, 2.45) is 0 Å². The maximum Gasteiger partial charge on any atom is 0.321 e. The minimum atomic E-state index is -0.848. The Bertz CT molecular complexity index is 966. The van der Waals surface area contributed by atoms with Gasteiger partial charge in [0.1, 0.15) is 11.9 Å². The zero-order valence-electron chi connectivity index (χ0n) is 13.3. The van der Waals surface area contributed by atoms with E-state index >= 15 is 0 Å². The molecule has 0 spiro atoms. The second-order valence-electron chi connectivity index (χ2n) is 6.28. The van der Waals surface area contributed by atoms with Crippen LogP contribution in [0.3, 0.4) is 0 Å².